The Morgan fingerprint density at radius 3 is 2.88 bits per heavy atom. The Bertz CT molecular complexity index is 511. The van der Waals surface area contributed by atoms with Crippen molar-refractivity contribution < 1.29 is 9.52 Å². The number of hydrogen-bond acceptors (Lipinski definition) is 2. The SMILES string of the molecule is OCc1ccc2oc3c(c2c1)CCCCC3. The number of hydrogen-bond donors (Lipinski definition) is 1. The van der Waals surface area contributed by atoms with Crippen LogP contribution in [0.4, 0.5) is 0 Å². The summed E-state index contributed by atoms with van der Waals surface area (Å²) in [6, 6.07) is 5.99. The lowest BCUT2D eigenvalue weighted by Crippen LogP contribution is -1.86. The lowest BCUT2D eigenvalue weighted by atomic mass is 10.0. The van der Waals surface area contributed by atoms with Gasteiger partial charge in [-0.3, -0.25) is 0 Å². The molecule has 84 valence electrons. The highest BCUT2D eigenvalue weighted by Crippen LogP contribution is 2.31. The average Bonchev–Trinajstić information content (AvgIpc) is 2.50. The van der Waals surface area contributed by atoms with Crippen LogP contribution < -0.4 is 0 Å². The Labute approximate surface area is 94.9 Å². The van der Waals surface area contributed by atoms with Gasteiger partial charge in [-0.1, -0.05) is 12.5 Å². The summed E-state index contributed by atoms with van der Waals surface area (Å²) in [5.41, 5.74) is 3.33. The predicted molar refractivity (Wildman–Crippen MR) is 63.4 cm³/mol. The van der Waals surface area contributed by atoms with Crippen LogP contribution in [-0.2, 0) is 19.4 Å². The number of aliphatic hydroxyl groups is 1. The molecule has 0 fully saturated rings. The van der Waals surface area contributed by atoms with Gasteiger partial charge >= 0.3 is 0 Å². The second-order valence-corrected chi connectivity index (χ2v) is 4.55. The van der Waals surface area contributed by atoms with E-state index in [-0.39, 0.29) is 6.61 Å². The van der Waals surface area contributed by atoms with Crippen molar-refractivity contribution in [1.82, 2.24) is 0 Å². The number of furan rings is 1. The van der Waals surface area contributed by atoms with Crippen molar-refractivity contribution in [1.29, 1.82) is 0 Å². The van der Waals surface area contributed by atoms with Crippen molar-refractivity contribution in [2.75, 3.05) is 0 Å². The van der Waals surface area contributed by atoms with Crippen molar-refractivity contribution in [3.8, 4) is 0 Å². The van der Waals surface area contributed by atoms with Gasteiger partial charge in [0.2, 0.25) is 0 Å². The molecule has 1 aliphatic carbocycles. The van der Waals surface area contributed by atoms with Crippen molar-refractivity contribution in [3.05, 3.63) is 35.1 Å². The van der Waals surface area contributed by atoms with Crippen LogP contribution in [-0.4, -0.2) is 5.11 Å². The molecule has 0 atom stereocenters. The Morgan fingerprint density at radius 2 is 2.00 bits per heavy atom. The fourth-order valence-corrected chi connectivity index (χ4v) is 2.58. The highest BCUT2D eigenvalue weighted by Gasteiger charge is 2.16. The van der Waals surface area contributed by atoms with Crippen molar-refractivity contribution in [2.24, 2.45) is 0 Å². The van der Waals surface area contributed by atoms with E-state index in [1.54, 1.807) is 0 Å². The van der Waals surface area contributed by atoms with Gasteiger partial charge in [-0.2, -0.15) is 0 Å². The molecule has 1 aliphatic rings. The van der Waals surface area contributed by atoms with Crippen molar-refractivity contribution in [2.45, 2.75) is 38.7 Å². The van der Waals surface area contributed by atoms with Gasteiger partial charge in [0.05, 0.1) is 6.61 Å². The highest BCUT2D eigenvalue weighted by molar-refractivity contribution is 5.83. The lowest BCUT2D eigenvalue weighted by molar-refractivity contribution is 0.282. The molecule has 16 heavy (non-hydrogen) atoms. The first-order valence-corrected chi connectivity index (χ1v) is 6.02. The molecule has 1 aromatic heterocycles. The van der Waals surface area contributed by atoms with Crippen LogP contribution in [0.25, 0.3) is 11.0 Å². The first-order chi connectivity index (χ1) is 7.88. The van der Waals surface area contributed by atoms with E-state index in [1.165, 1.54) is 36.0 Å². The number of fused-ring (bicyclic) bond motifs is 3. The molecule has 1 aromatic carbocycles. The molecule has 1 heterocycles. The molecular formula is C14H16O2. The first kappa shape index (κ1) is 9.91. The lowest BCUT2D eigenvalue weighted by Gasteiger charge is -1.98. The highest BCUT2D eigenvalue weighted by atomic mass is 16.3. The standard InChI is InChI=1S/C14H16O2/c15-9-10-6-7-14-12(8-10)11-4-2-1-3-5-13(11)16-14/h6-8,15H,1-5,9H2. The largest absolute Gasteiger partial charge is 0.461 e. The maximum Gasteiger partial charge on any atom is 0.134 e. The molecule has 2 heteroatoms. The van der Waals surface area contributed by atoms with Crippen LogP contribution in [0.3, 0.4) is 0 Å². The average molecular weight is 216 g/mol. The monoisotopic (exact) mass is 216 g/mol. The topological polar surface area (TPSA) is 33.4 Å². The van der Waals surface area contributed by atoms with Gasteiger partial charge in [0.1, 0.15) is 11.3 Å². The molecular weight excluding hydrogens is 200 g/mol. The van der Waals surface area contributed by atoms with Crippen LogP contribution in [0.2, 0.25) is 0 Å². The molecule has 0 saturated heterocycles. The summed E-state index contributed by atoms with van der Waals surface area (Å²) in [6.45, 7) is 0.107. The molecule has 0 spiro atoms. The third kappa shape index (κ3) is 1.54. The molecule has 2 nitrogen and oxygen atoms in total. The number of aryl methyl sites for hydroxylation is 2. The Morgan fingerprint density at radius 1 is 1.12 bits per heavy atom. The zero-order chi connectivity index (χ0) is 11.0. The van der Waals surface area contributed by atoms with Gasteiger partial charge in [-0.05, 0) is 37.0 Å². The van der Waals surface area contributed by atoms with Crippen LogP contribution in [0.5, 0.6) is 0 Å². The summed E-state index contributed by atoms with van der Waals surface area (Å²) in [5, 5.41) is 10.4. The maximum atomic E-state index is 9.16. The molecule has 0 saturated carbocycles. The van der Waals surface area contributed by atoms with E-state index in [0.717, 1.165) is 24.0 Å². The van der Waals surface area contributed by atoms with Gasteiger partial charge in [-0.25, -0.2) is 0 Å². The second-order valence-electron chi connectivity index (χ2n) is 4.55. The van der Waals surface area contributed by atoms with E-state index in [1.807, 2.05) is 12.1 Å². The van der Waals surface area contributed by atoms with Crippen molar-refractivity contribution >= 4 is 11.0 Å². The van der Waals surface area contributed by atoms with Crippen LogP contribution in [0.15, 0.2) is 22.6 Å². The fraction of sp³-hybridized carbons (Fsp3) is 0.429. The van der Waals surface area contributed by atoms with Crippen LogP contribution in [0.1, 0.15) is 36.1 Å². The van der Waals surface area contributed by atoms with E-state index < -0.39 is 0 Å². The van der Waals surface area contributed by atoms with E-state index in [0.29, 0.717) is 0 Å². The second kappa shape index (κ2) is 3.95. The minimum atomic E-state index is 0.107. The maximum absolute atomic E-state index is 9.16. The summed E-state index contributed by atoms with van der Waals surface area (Å²) in [5.74, 6) is 1.17. The Hall–Kier alpha value is -1.28. The third-order valence-electron chi connectivity index (χ3n) is 3.45. The van der Waals surface area contributed by atoms with Crippen LogP contribution >= 0.6 is 0 Å². The molecule has 2 aromatic rings. The third-order valence-corrected chi connectivity index (χ3v) is 3.45. The number of rotatable bonds is 1. The number of aliphatic hydroxyl groups excluding tert-OH is 1. The van der Waals surface area contributed by atoms with Gasteiger partial charge in [0, 0.05) is 17.4 Å². The van der Waals surface area contributed by atoms with Crippen molar-refractivity contribution in [3.63, 3.8) is 0 Å². The Balaban J connectivity index is 2.19. The van der Waals surface area contributed by atoms with Gasteiger partial charge in [0.25, 0.3) is 0 Å². The molecule has 0 radical (unpaired) electrons. The smallest absolute Gasteiger partial charge is 0.134 e. The molecule has 0 amide bonds. The number of benzene rings is 1. The molecule has 1 N–H and O–H groups in total. The molecule has 0 unspecified atom stereocenters. The minimum absolute atomic E-state index is 0.107. The zero-order valence-electron chi connectivity index (χ0n) is 9.33. The normalized spacial score (nSPS) is 16.1. The molecule has 0 bridgehead atoms. The summed E-state index contributed by atoms with van der Waals surface area (Å²) < 4.78 is 5.89. The van der Waals surface area contributed by atoms with E-state index in [4.69, 9.17) is 9.52 Å². The van der Waals surface area contributed by atoms with E-state index >= 15 is 0 Å². The minimum Gasteiger partial charge on any atom is -0.461 e. The predicted octanol–water partition coefficient (Wildman–Crippen LogP) is 3.19. The molecule has 0 aliphatic heterocycles. The van der Waals surface area contributed by atoms with Crippen LogP contribution in [0, 0.1) is 0 Å². The summed E-state index contributed by atoms with van der Waals surface area (Å²) in [4.78, 5) is 0. The van der Waals surface area contributed by atoms with Gasteiger partial charge in [0.15, 0.2) is 0 Å². The van der Waals surface area contributed by atoms with Gasteiger partial charge < -0.3 is 9.52 Å². The first-order valence-electron chi connectivity index (χ1n) is 6.02. The fourth-order valence-electron chi connectivity index (χ4n) is 2.58. The quantitative estimate of drug-likeness (QED) is 0.743. The zero-order valence-corrected chi connectivity index (χ0v) is 9.33. The summed E-state index contributed by atoms with van der Waals surface area (Å²) in [6.07, 6.45) is 5.98. The Kier molecular flexibility index (Phi) is 2.44. The van der Waals surface area contributed by atoms with Gasteiger partial charge in [-0.15, -0.1) is 0 Å². The summed E-state index contributed by atoms with van der Waals surface area (Å²) >= 11 is 0. The molecule has 3 rings (SSSR count). The summed E-state index contributed by atoms with van der Waals surface area (Å²) in [7, 11) is 0. The van der Waals surface area contributed by atoms with E-state index in [2.05, 4.69) is 6.07 Å². The van der Waals surface area contributed by atoms with E-state index in [9.17, 15) is 0 Å².